The quantitative estimate of drug-likeness (QED) is 0.578. The number of para-hydroxylation sites is 1. The summed E-state index contributed by atoms with van der Waals surface area (Å²) < 4.78 is 5.70. The van der Waals surface area contributed by atoms with E-state index in [2.05, 4.69) is 67.7 Å². The van der Waals surface area contributed by atoms with Gasteiger partial charge in [-0.25, -0.2) is 0 Å². The monoisotopic (exact) mass is 389 g/mol. The summed E-state index contributed by atoms with van der Waals surface area (Å²) >= 11 is 3.74. The summed E-state index contributed by atoms with van der Waals surface area (Å²) in [5, 5.41) is 12.9. The Hall–Kier alpha value is -1.14. The van der Waals surface area contributed by atoms with Crippen molar-refractivity contribution in [3.8, 4) is 0 Å². The molecule has 1 aliphatic heterocycles. The number of nitrogens with one attached hydrogen (secondary N) is 1. The lowest BCUT2D eigenvalue weighted by molar-refractivity contribution is 0.0216. The zero-order valence-corrected chi connectivity index (χ0v) is 17.2. The highest BCUT2D eigenvalue weighted by atomic mass is 32.2. The van der Waals surface area contributed by atoms with Crippen LogP contribution >= 0.6 is 23.5 Å². The number of fused-ring (bicyclic) bond motifs is 1. The minimum atomic E-state index is -0.0874. The molecule has 26 heavy (non-hydrogen) atoms. The predicted octanol–water partition coefficient (Wildman–Crippen LogP) is 5.56. The first-order valence-corrected chi connectivity index (χ1v) is 10.7. The maximum Gasteiger partial charge on any atom is 0.103 e. The lowest BCUT2D eigenvalue weighted by Gasteiger charge is -2.25. The van der Waals surface area contributed by atoms with E-state index in [0.29, 0.717) is 6.61 Å². The number of benzene rings is 2. The number of anilines is 1. The van der Waals surface area contributed by atoms with Crippen molar-refractivity contribution in [3.63, 3.8) is 0 Å². The smallest absolute Gasteiger partial charge is 0.103 e. The van der Waals surface area contributed by atoms with Crippen LogP contribution in [0.15, 0.2) is 58.3 Å². The van der Waals surface area contributed by atoms with E-state index >= 15 is 0 Å². The van der Waals surface area contributed by atoms with Crippen molar-refractivity contribution in [2.75, 3.05) is 18.5 Å². The molecule has 0 fully saturated rings. The average molecular weight is 390 g/mol. The highest BCUT2D eigenvalue weighted by Crippen LogP contribution is 2.46. The number of aliphatic hydroxyl groups excluding tert-OH is 1. The number of hydrogen-bond donors (Lipinski definition) is 2. The van der Waals surface area contributed by atoms with Gasteiger partial charge in [0.25, 0.3) is 0 Å². The van der Waals surface area contributed by atoms with Crippen LogP contribution in [0.3, 0.4) is 0 Å². The fourth-order valence-corrected chi connectivity index (χ4v) is 5.02. The van der Waals surface area contributed by atoms with Gasteiger partial charge in [0, 0.05) is 26.8 Å². The third-order valence-corrected chi connectivity index (χ3v) is 6.86. The van der Waals surface area contributed by atoms with Gasteiger partial charge in [0.05, 0.1) is 12.7 Å². The van der Waals surface area contributed by atoms with Gasteiger partial charge < -0.3 is 15.2 Å². The Kier molecular flexibility index (Phi) is 6.56. The molecule has 5 heteroatoms. The van der Waals surface area contributed by atoms with Gasteiger partial charge in [0.1, 0.15) is 5.37 Å². The third kappa shape index (κ3) is 5.19. The standard InChI is InChI=1S/C21H27NO2S2/c1-15(14-23)24-13-12-21(2,3)26-17-10-8-16(9-11-17)20-22-18-6-4-5-7-19(18)25-20/h4-11,15,20,22-23H,12-14H2,1-3H3. The molecule has 3 rings (SSSR count). The average Bonchev–Trinajstić information content (AvgIpc) is 3.05. The topological polar surface area (TPSA) is 41.5 Å². The first-order valence-electron chi connectivity index (χ1n) is 9.00. The summed E-state index contributed by atoms with van der Waals surface area (Å²) in [4.78, 5) is 2.59. The second kappa shape index (κ2) is 8.70. The first-order chi connectivity index (χ1) is 12.5. The van der Waals surface area contributed by atoms with Crippen LogP contribution in [0.4, 0.5) is 5.69 Å². The van der Waals surface area contributed by atoms with Crippen molar-refractivity contribution in [2.24, 2.45) is 0 Å². The van der Waals surface area contributed by atoms with Crippen LogP contribution in [-0.4, -0.2) is 29.2 Å². The number of hydrogen-bond acceptors (Lipinski definition) is 5. The van der Waals surface area contributed by atoms with Crippen LogP contribution in [0.2, 0.25) is 0 Å². The van der Waals surface area contributed by atoms with Crippen molar-refractivity contribution in [1.82, 2.24) is 0 Å². The van der Waals surface area contributed by atoms with Gasteiger partial charge in [-0.3, -0.25) is 0 Å². The van der Waals surface area contributed by atoms with Crippen molar-refractivity contribution in [2.45, 2.75) is 53.2 Å². The highest BCUT2D eigenvalue weighted by Gasteiger charge is 2.23. The van der Waals surface area contributed by atoms with Crippen LogP contribution < -0.4 is 5.32 Å². The van der Waals surface area contributed by atoms with Gasteiger partial charge in [-0.15, -0.1) is 11.8 Å². The Labute approximate surface area is 164 Å². The van der Waals surface area contributed by atoms with Crippen LogP contribution in [0, 0.1) is 0 Å². The summed E-state index contributed by atoms with van der Waals surface area (Å²) in [5.74, 6) is 0. The molecule has 0 spiro atoms. The van der Waals surface area contributed by atoms with Crippen LogP contribution in [0.25, 0.3) is 0 Å². The summed E-state index contributed by atoms with van der Waals surface area (Å²) in [6, 6.07) is 17.3. The molecule has 140 valence electrons. The molecule has 0 radical (unpaired) electrons. The number of aliphatic hydroxyl groups is 1. The van der Waals surface area contributed by atoms with E-state index in [1.165, 1.54) is 21.0 Å². The highest BCUT2D eigenvalue weighted by molar-refractivity contribution is 8.00. The maximum absolute atomic E-state index is 9.04. The largest absolute Gasteiger partial charge is 0.394 e. The van der Waals surface area contributed by atoms with Gasteiger partial charge in [-0.05, 0) is 43.2 Å². The Morgan fingerprint density at radius 1 is 1.19 bits per heavy atom. The lowest BCUT2D eigenvalue weighted by Crippen LogP contribution is -2.21. The van der Waals surface area contributed by atoms with E-state index in [1.807, 2.05) is 30.4 Å². The number of thioether (sulfide) groups is 2. The molecule has 0 aliphatic carbocycles. The molecule has 0 amide bonds. The molecule has 0 saturated carbocycles. The SMILES string of the molecule is CC(CO)OCCC(C)(C)Sc1ccc(C2Nc3ccccc3S2)cc1. The Balaban J connectivity index is 1.55. The molecular formula is C21H27NO2S2. The summed E-state index contributed by atoms with van der Waals surface area (Å²) in [6.07, 6.45) is 0.856. The zero-order chi connectivity index (χ0) is 18.6. The van der Waals surface area contributed by atoms with E-state index in [9.17, 15) is 0 Å². The minimum absolute atomic E-state index is 0.0755. The summed E-state index contributed by atoms with van der Waals surface area (Å²) in [5.41, 5.74) is 2.52. The molecular weight excluding hydrogens is 362 g/mol. The fraction of sp³-hybridized carbons (Fsp3) is 0.429. The first kappa shape index (κ1) is 19.6. The molecule has 2 atom stereocenters. The lowest BCUT2D eigenvalue weighted by atomic mass is 10.1. The Bertz CT molecular complexity index is 693. The van der Waals surface area contributed by atoms with Gasteiger partial charge in [-0.2, -0.15) is 0 Å². The fourth-order valence-electron chi connectivity index (χ4n) is 2.78. The van der Waals surface area contributed by atoms with Gasteiger partial charge in [0.15, 0.2) is 0 Å². The summed E-state index contributed by atoms with van der Waals surface area (Å²) in [6.45, 7) is 7.12. The van der Waals surface area contributed by atoms with Crippen molar-refractivity contribution < 1.29 is 9.84 Å². The molecule has 2 N–H and O–H groups in total. The van der Waals surface area contributed by atoms with Gasteiger partial charge in [0.2, 0.25) is 0 Å². The van der Waals surface area contributed by atoms with Crippen molar-refractivity contribution >= 4 is 29.2 Å². The normalized spacial score (nSPS) is 17.6. The Morgan fingerprint density at radius 2 is 1.92 bits per heavy atom. The van der Waals surface area contributed by atoms with E-state index in [4.69, 9.17) is 9.84 Å². The molecule has 0 aromatic heterocycles. The number of rotatable bonds is 8. The second-order valence-corrected chi connectivity index (χ2v) is 10.1. The summed E-state index contributed by atoms with van der Waals surface area (Å²) in [7, 11) is 0. The molecule has 1 heterocycles. The van der Waals surface area contributed by atoms with Crippen molar-refractivity contribution in [3.05, 3.63) is 54.1 Å². The van der Waals surface area contributed by atoms with E-state index in [-0.39, 0.29) is 22.8 Å². The van der Waals surface area contributed by atoms with E-state index < -0.39 is 0 Å². The van der Waals surface area contributed by atoms with Gasteiger partial charge in [-0.1, -0.05) is 49.9 Å². The molecule has 1 aliphatic rings. The van der Waals surface area contributed by atoms with Gasteiger partial charge >= 0.3 is 0 Å². The third-order valence-electron chi connectivity index (χ3n) is 4.36. The number of ether oxygens (including phenoxy) is 1. The van der Waals surface area contributed by atoms with Crippen LogP contribution in [0.1, 0.15) is 38.1 Å². The minimum Gasteiger partial charge on any atom is -0.394 e. The molecule has 2 aromatic rings. The van der Waals surface area contributed by atoms with E-state index in [0.717, 1.165) is 6.42 Å². The predicted molar refractivity (Wildman–Crippen MR) is 112 cm³/mol. The van der Waals surface area contributed by atoms with Crippen LogP contribution in [-0.2, 0) is 4.74 Å². The molecule has 2 unspecified atom stereocenters. The molecule has 3 nitrogen and oxygen atoms in total. The molecule has 0 saturated heterocycles. The second-order valence-electron chi connectivity index (χ2n) is 7.18. The van der Waals surface area contributed by atoms with Crippen molar-refractivity contribution in [1.29, 1.82) is 0 Å². The Morgan fingerprint density at radius 3 is 2.62 bits per heavy atom. The van der Waals surface area contributed by atoms with E-state index in [1.54, 1.807) is 0 Å². The van der Waals surface area contributed by atoms with Crippen LogP contribution in [0.5, 0.6) is 0 Å². The molecule has 2 aromatic carbocycles. The molecule has 0 bridgehead atoms. The zero-order valence-electron chi connectivity index (χ0n) is 15.6. The maximum atomic E-state index is 9.04.